The number of rotatable bonds is 2. The van der Waals surface area contributed by atoms with Crippen LogP contribution in [0.1, 0.15) is 36.8 Å². The topological polar surface area (TPSA) is 69.6 Å². The third-order valence-corrected chi connectivity index (χ3v) is 5.73. The molecule has 1 aromatic carbocycles. The number of carbonyl (C=O) groups is 2. The fraction of sp³-hybridized carbons (Fsp3) is 0.529. The smallest absolute Gasteiger partial charge is 0.317 e. The van der Waals surface area contributed by atoms with Gasteiger partial charge < -0.3 is 15.3 Å². The van der Waals surface area contributed by atoms with Crippen molar-refractivity contribution in [2.75, 3.05) is 6.54 Å². The van der Waals surface area contributed by atoms with Crippen molar-refractivity contribution in [1.29, 1.82) is 0 Å². The van der Waals surface area contributed by atoms with E-state index in [-0.39, 0.29) is 30.4 Å². The summed E-state index contributed by atoms with van der Waals surface area (Å²) in [4.78, 5) is 25.1. The van der Waals surface area contributed by atoms with Gasteiger partial charge in [0.25, 0.3) is 0 Å². The lowest BCUT2D eigenvalue weighted by Gasteiger charge is -2.33. The van der Waals surface area contributed by atoms with E-state index in [4.69, 9.17) is 5.11 Å². The van der Waals surface area contributed by atoms with Gasteiger partial charge in [-0.3, -0.25) is 4.79 Å². The van der Waals surface area contributed by atoms with Crippen LogP contribution >= 0.6 is 15.9 Å². The lowest BCUT2D eigenvalue weighted by atomic mass is 9.86. The summed E-state index contributed by atoms with van der Waals surface area (Å²) in [6.45, 7) is 0.808. The van der Waals surface area contributed by atoms with E-state index in [1.807, 2.05) is 0 Å². The van der Waals surface area contributed by atoms with E-state index in [2.05, 4.69) is 21.2 Å². The highest BCUT2D eigenvalue weighted by Crippen LogP contribution is 2.29. The zero-order valence-electron chi connectivity index (χ0n) is 13.2. The van der Waals surface area contributed by atoms with E-state index in [0.29, 0.717) is 44.2 Å². The number of hydrogen-bond acceptors (Lipinski definition) is 2. The van der Waals surface area contributed by atoms with Crippen LogP contribution in [0.15, 0.2) is 16.6 Å². The molecule has 2 aliphatic rings. The number of aliphatic carboxylic acids is 1. The average Bonchev–Trinajstić information content (AvgIpc) is 2.58. The fourth-order valence-corrected chi connectivity index (χ4v) is 4.09. The molecule has 0 atom stereocenters. The van der Waals surface area contributed by atoms with Gasteiger partial charge in [-0.05, 0) is 49.8 Å². The van der Waals surface area contributed by atoms with Crippen molar-refractivity contribution in [3.8, 4) is 0 Å². The van der Waals surface area contributed by atoms with Gasteiger partial charge in [0.15, 0.2) is 0 Å². The zero-order chi connectivity index (χ0) is 17.3. The number of nitrogens with zero attached hydrogens (tertiary/aromatic N) is 1. The van der Waals surface area contributed by atoms with Gasteiger partial charge in [-0.15, -0.1) is 0 Å². The Morgan fingerprint density at radius 3 is 2.58 bits per heavy atom. The first-order valence-electron chi connectivity index (χ1n) is 8.19. The standard InChI is InChI=1S/C17H20BrFN2O3/c18-14-5-6-15(19)13-9-21(8-7-12(13)14)17(24)20-11-3-1-10(2-4-11)16(22)23/h5-6,10-11H,1-4,7-9H2,(H,20,24)(H,22,23). The molecular weight excluding hydrogens is 379 g/mol. The predicted molar refractivity (Wildman–Crippen MR) is 90.1 cm³/mol. The molecule has 0 saturated heterocycles. The number of amides is 2. The Hall–Kier alpha value is -1.63. The first-order valence-corrected chi connectivity index (χ1v) is 8.99. The number of carboxylic acid groups (broad SMARTS) is 1. The van der Waals surface area contributed by atoms with Crippen LogP contribution < -0.4 is 5.32 Å². The highest BCUT2D eigenvalue weighted by molar-refractivity contribution is 9.10. The van der Waals surface area contributed by atoms with Gasteiger partial charge in [0.05, 0.1) is 12.5 Å². The maximum Gasteiger partial charge on any atom is 0.317 e. The largest absolute Gasteiger partial charge is 0.481 e. The number of benzene rings is 1. The molecule has 130 valence electrons. The summed E-state index contributed by atoms with van der Waals surface area (Å²) in [5.74, 6) is -1.34. The molecule has 1 fully saturated rings. The summed E-state index contributed by atoms with van der Waals surface area (Å²) in [5.41, 5.74) is 1.50. The van der Waals surface area contributed by atoms with Crippen molar-refractivity contribution < 1.29 is 19.1 Å². The molecule has 0 spiro atoms. The monoisotopic (exact) mass is 398 g/mol. The normalized spacial score (nSPS) is 23.5. The third-order valence-electron chi connectivity index (χ3n) is 4.99. The molecule has 0 aromatic heterocycles. The molecule has 24 heavy (non-hydrogen) atoms. The number of carboxylic acids is 1. The lowest BCUT2D eigenvalue weighted by molar-refractivity contribution is -0.142. The Morgan fingerprint density at radius 1 is 1.21 bits per heavy atom. The molecule has 5 nitrogen and oxygen atoms in total. The van der Waals surface area contributed by atoms with E-state index < -0.39 is 5.97 Å². The third kappa shape index (κ3) is 3.55. The molecule has 7 heteroatoms. The molecule has 0 bridgehead atoms. The molecule has 1 saturated carbocycles. The second-order valence-electron chi connectivity index (χ2n) is 6.49. The number of halogens is 2. The molecule has 3 rings (SSSR count). The van der Waals surface area contributed by atoms with Gasteiger partial charge in [0.2, 0.25) is 0 Å². The number of carbonyl (C=O) groups excluding carboxylic acids is 1. The second-order valence-corrected chi connectivity index (χ2v) is 7.35. The Bertz CT molecular complexity index is 659. The summed E-state index contributed by atoms with van der Waals surface area (Å²) in [6, 6.07) is 2.92. The summed E-state index contributed by atoms with van der Waals surface area (Å²) >= 11 is 3.44. The minimum Gasteiger partial charge on any atom is -0.481 e. The highest BCUT2D eigenvalue weighted by Gasteiger charge is 2.29. The van der Waals surface area contributed by atoms with Crippen LogP contribution in [0.5, 0.6) is 0 Å². The molecule has 1 aromatic rings. The molecule has 1 aliphatic heterocycles. The molecule has 0 radical (unpaired) electrons. The molecule has 2 N–H and O–H groups in total. The maximum absolute atomic E-state index is 14.0. The summed E-state index contributed by atoms with van der Waals surface area (Å²) in [7, 11) is 0. The Morgan fingerprint density at radius 2 is 1.92 bits per heavy atom. The van der Waals surface area contributed by atoms with Gasteiger partial charge >= 0.3 is 12.0 Å². The zero-order valence-corrected chi connectivity index (χ0v) is 14.8. The van der Waals surface area contributed by atoms with Crippen LogP contribution in [0.3, 0.4) is 0 Å². The van der Waals surface area contributed by atoms with Crippen LogP contribution in [-0.2, 0) is 17.8 Å². The molecule has 2 amide bonds. The van der Waals surface area contributed by atoms with Crippen LogP contribution in [-0.4, -0.2) is 34.6 Å². The first-order chi connectivity index (χ1) is 11.5. The summed E-state index contributed by atoms with van der Waals surface area (Å²) < 4.78 is 14.9. The SMILES string of the molecule is O=C(O)C1CCC(NC(=O)N2CCc3c(Br)ccc(F)c3C2)CC1. The summed E-state index contributed by atoms with van der Waals surface area (Å²) in [6.07, 6.45) is 3.14. The molecule has 1 aliphatic carbocycles. The number of urea groups is 1. The van der Waals surface area contributed by atoms with E-state index in [1.165, 1.54) is 6.07 Å². The van der Waals surface area contributed by atoms with E-state index >= 15 is 0 Å². The van der Waals surface area contributed by atoms with Crippen LogP contribution in [0, 0.1) is 11.7 Å². The maximum atomic E-state index is 14.0. The first kappa shape index (κ1) is 17.2. The van der Waals surface area contributed by atoms with E-state index in [1.54, 1.807) is 11.0 Å². The van der Waals surface area contributed by atoms with Crippen LogP contribution in [0.25, 0.3) is 0 Å². The molecule has 0 unspecified atom stereocenters. The Balaban J connectivity index is 1.59. The lowest BCUT2D eigenvalue weighted by Crippen LogP contribution is -2.48. The molecular formula is C17H20BrFN2O3. The van der Waals surface area contributed by atoms with Crippen molar-refractivity contribution in [3.63, 3.8) is 0 Å². The van der Waals surface area contributed by atoms with E-state index in [9.17, 15) is 14.0 Å². The number of nitrogens with one attached hydrogen (secondary N) is 1. The minimum atomic E-state index is -0.756. The van der Waals surface area contributed by atoms with Gasteiger partial charge in [0.1, 0.15) is 5.82 Å². The van der Waals surface area contributed by atoms with Gasteiger partial charge in [0, 0.05) is 22.6 Å². The van der Waals surface area contributed by atoms with Crippen LogP contribution in [0.2, 0.25) is 0 Å². The predicted octanol–water partition coefficient (Wildman–Crippen LogP) is 3.30. The molecule has 1 heterocycles. The Labute approximate surface area is 148 Å². The quantitative estimate of drug-likeness (QED) is 0.802. The fourth-order valence-electron chi connectivity index (χ4n) is 3.52. The van der Waals surface area contributed by atoms with Gasteiger partial charge in [-0.25, -0.2) is 9.18 Å². The van der Waals surface area contributed by atoms with Crippen molar-refractivity contribution >= 4 is 27.9 Å². The second kappa shape index (κ2) is 7.09. The van der Waals surface area contributed by atoms with Gasteiger partial charge in [-0.2, -0.15) is 0 Å². The Kier molecular flexibility index (Phi) is 5.08. The highest BCUT2D eigenvalue weighted by atomic mass is 79.9. The number of hydrogen-bond donors (Lipinski definition) is 2. The van der Waals surface area contributed by atoms with E-state index in [0.717, 1.165) is 10.0 Å². The van der Waals surface area contributed by atoms with Gasteiger partial charge in [-0.1, -0.05) is 15.9 Å². The minimum absolute atomic E-state index is 0.00172. The number of fused-ring (bicyclic) bond motifs is 1. The van der Waals surface area contributed by atoms with Crippen molar-refractivity contribution in [3.05, 3.63) is 33.5 Å². The van der Waals surface area contributed by atoms with Crippen LogP contribution in [0.4, 0.5) is 9.18 Å². The summed E-state index contributed by atoms with van der Waals surface area (Å²) in [5, 5.41) is 12.0. The van der Waals surface area contributed by atoms with Crippen molar-refractivity contribution in [2.24, 2.45) is 5.92 Å². The van der Waals surface area contributed by atoms with Crippen molar-refractivity contribution in [1.82, 2.24) is 10.2 Å². The van der Waals surface area contributed by atoms with Crippen molar-refractivity contribution in [2.45, 2.75) is 44.7 Å². The average molecular weight is 399 g/mol.